The molecular weight excluding hydrogens is 382 g/mol. The summed E-state index contributed by atoms with van der Waals surface area (Å²) in [6, 6.07) is 6.98. The zero-order valence-corrected chi connectivity index (χ0v) is 16.0. The van der Waals surface area contributed by atoms with Gasteiger partial charge in [-0.2, -0.15) is 0 Å². The zero-order valence-electron chi connectivity index (χ0n) is 15.3. The molecule has 3 rings (SSSR count). The second kappa shape index (κ2) is 9.01. The summed E-state index contributed by atoms with van der Waals surface area (Å²) in [7, 11) is 3.06. The summed E-state index contributed by atoms with van der Waals surface area (Å²) in [5.41, 5.74) is 1.76. The third kappa shape index (κ3) is 4.66. The SMILES string of the molecule is COc1cc(Nc2cnc(C(=O)NCc3ccncc3)cn2)c(OC)cc1Cl. The van der Waals surface area contributed by atoms with Gasteiger partial charge in [0, 0.05) is 31.1 Å². The van der Waals surface area contributed by atoms with Crippen LogP contribution in [-0.4, -0.2) is 35.1 Å². The van der Waals surface area contributed by atoms with Crippen LogP contribution in [0.1, 0.15) is 16.1 Å². The Morgan fingerprint density at radius 1 is 1.07 bits per heavy atom. The van der Waals surface area contributed by atoms with Crippen LogP contribution < -0.4 is 20.1 Å². The third-order valence-electron chi connectivity index (χ3n) is 3.82. The van der Waals surface area contributed by atoms with Gasteiger partial charge in [-0.15, -0.1) is 0 Å². The third-order valence-corrected chi connectivity index (χ3v) is 4.12. The lowest BCUT2D eigenvalue weighted by molar-refractivity contribution is 0.0945. The van der Waals surface area contributed by atoms with Crippen molar-refractivity contribution in [2.45, 2.75) is 6.54 Å². The molecule has 2 heterocycles. The van der Waals surface area contributed by atoms with Crippen LogP contribution in [0.5, 0.6) is 11.5 Å². The van der Waals surface area contributed by atoms with Crippen molar-refractivity contribution in [3.05, 3.63) is 65.3 Å². The van der Waals surface area contributed by atoms with Crippen LogP contribution in [-0.2, 0) is 6.54 Å². The lowest BCUT2D eigenvalue weighted by Gasteiger charge is -2.13. The van der Waals surface area contributed by atoms with Crippen molar-refractivity contribution in [1.29, 1.82) is 0 Å². The molecule has 0 bridgehead atoms. The van der Waals surface area contributed by atoms with Gasteiger partial charge in [0.1, 0.15) is 23.0 Å². The van der Waals surface area contributed by atoms with Crippen LogP contribution in [0, 0.1) is 0 Å². The Hall–Kier alpha value is -3.39. The van der Waals surface area contributed by atoms with E-state index in [1.54, 1.807) is 24.5 Å². The van der Waals surface area contributed by atoms with Gasteiger partial charge in [-0.1, -0.05) is 11.6 Å². The van der Waals surface area contributed by atoms with Crippen molar-refractivity contribution in [3.8, 4) is 11.5 Å². The lowest BCUT2D eigenvalue weighted by atomic mass is 10.2. The highest BCUT2D eigenvalue weighted by Crippen LogP contribution is 2.36. The molecule has 0 spiro atoms. The zero-order chi connectivity index (χ0) is 19.9. The molecule has 2 N–H and O–H groups in total. The van der Waals surface area contributed by atoms with E-state index < -0.39 is 0 Å². The van der Waals surface area contributed by atoms with Gasteiger partial charge in [-0.25, -0.2) is 9.97 Å². The first kappa shape index (κ1) is 19.4. The molecule has 0 fully saturated rings. The summed E-state index contributed by atoms with van der Waals surface area (Å²) >= 11 is 6.10. The molecule has 0 saturated carbocycles. The van der Waals surface area contributed by atoms with Crippen molar-refractivity contribution >= 4 is 29.0 Å². The molecule has 3 aromatic rings. The number of hydrogen-bond acceptors (Lipinski definition) is 7. The molecule has 0 saturated heterocycles. The molecule has 9 heteroatoms. The van der Waals surface area contributed by atoms with Crippen LogP contribution in [0.4, 0.5) is 11.5 Å². The molecular formula is C19H18ClN5O3. The van der Waals surface area contributed by atoms with Crippen molar-refractivity contribution in [2.24, 2.45) is 0 Å². The molecule has 0 aliphatic heterocycles. The summed E-state index contributed by atoms with van der Waals surface area (Å²) < 4.78 is 10.5. The van der Waals surface area contributed by atoms with Crippen LogP contribution in [0.25, 0.3) is 0 Å². The number of nitrogens with zero attached hydrogens (tertiary/aromatic N) is 3. The molecule has 0 aliphatic carbocycles. The normalized spacial score (nSPS) is 10.2. The molecule has 0 atom stereocenters. The Morgan fingerprint density at radius 2 is 1.82 bits per heavy atom. The predicted molar refractivity (Wildman–Crippen MR) is 105 cm³/mol. The van der Waals surface area contributed by atoms with E-state index in [9.17, 15) is 4.79 Å². The van der Waals surface area contributed by atoms with Crippen molar-refractivity contribution < 1.29 is 14.3 Å². The number of carbonyl (C=O) groups excluding carboxylic acids is 1. The molecule has 2 aromatic heterocycles. The number of methoxy groups -OCH3 is 2. The Bertz CT molecular complexity index is 952. The maximum atomic E-state index is 12.2. The average molecular weight is 400 g/mol. The maximum Gasteiger partial charge on any atom is 0.271 e. The highest BCUT2D eigenvalue weighted by Gasteiger charge is 2.12. The van der Waals surface area contributed by atoms with E-state index in [1.165, 1.54) is 26.6 Å². The van der Waals surface area contributed by atoms with Crippen LogP contribution >= 0.6 is 11.6 Å². The summed E-state index contributed by atoms with van der Waals surface area (Å²) in [4.78, 5) is 24.5. The molecule has 0 radical (unpaired) electrons. The summed E-state index contributed by atoms with van der Waals surface area (Å²) in [6.07, 6.45) is 6.19. The number of anilines is 2. The topological polar surface area (TPSA) is 98.3 Å². The average Bonchev–Trinajstić information content (AvgIpc) is 2.74. The fourth-order valence-corrected chi connectivity index (χ4v) is 2.61. The molecule has 1 aromatic carbocycles. The van der Waals surface area contributed by atoms with E-state index in [0.29, 0.717) is 34.6 Å². The largest absolute Gasteiger partial charge is 0.495 e. The van der Waals surface area contributed by atoms with Crippen molar-refractivity contribution in [1.82, 2.24) is 20.3 Å². The minimum atomic E-state index is -0.318. The van der Waals surface area contributed by atoms with Gasteiger partial charge >= 0.3 is 0 Å². The fraction of sp³-hybridized carbons (Fsp3) is 0.158. The Labute approximate surface area is 166 Å². The second-order valence-electron chi connectivity index (χ2n) is 5.64. The van der Waals surface area contributed by atoms with Gasteiger partial charge in [0.25, 0.3) is 5.91 Å². The van der Waals surface area contributed by atoms with Gasteiger partial charge in [-0.3, -0.25) is 9.78 Å². The summed E-state index contributed by atoms with van der Waals surface area (Å²) in [6.45, 7) is 0.380. The number of aromatic nitrogens is 3. The number of ether oxygens (including phenoxy) is 2. The monoisotopic (exact) mass is 399 g/mol. The number of pyridine rings is 1. The summed E-state index contributed by atoms with van der Waals surface area (Å²) in [5, 5.41) is 6.28. The fourth-order valence-electron chi connectivity index (χ4n) is 2.38. The van der Waals surface area contributed by atoms with Gasteiger partial charge in [0.15, 0.2) is 0 Å². The van der Waals surface area contributed by atoms with E-state index in [-0.39, 0.29) is 11.6 Å². The quantitative estimate of drug-likeness (QED) is 0.629. The minimum absolute atomic E-state index is 0.209. The smallest absolute Gasteiger partial charge is 0.271 e. The van der Waals surface area contributed by atoms with Gasteiger partial charge in [0.2, 0.25) is 0 Å². The molecule has 0 unspecified atom stereocenters. The number of rotatable bonds is 7. The van der Waals surface area contributed by atoms with Gasteiger partial charge in [0.05, 0.1) is 37.3 Å². The first-order valence-electron chi connectivity index (χ1n) is 8.28. The second-order valence-corrected chi connectivity index (χ2v) is 6.04. The first-order valence-corrected chi connectivity index (χ1v) is 8.66. The lowest BCUT2D eigenvalue weighted by Crippen LogP contribution is -2.24. The van der Waals surface area contributed by atoms with Crippen LogP contribution in [0.15, 0.2) is 49.1 Å². The van der Waals surface area contributed by atoms with Crippen molar-refractivity contribution in [2.75, 3.05) is 19.5 Å². The van der Waals surface area contributed by atoms with Gasteiger partial charge < -0.3 is 20.1 Å². The van der Waals surface area contributed by atoms with E-state index in [2.05, 4.69) is 25.6 Å². The number of carbonyl (C=O) groups is 1. The minimum Gasteiger partial charge on any atom is -0.495 e. The maximum absolute atomic E-state index is 12.2. The number of halogens is 1. The molecule has 8 nitrogen and oxygen atoms in total. The van der Waals surface area contributed by atoms with E-state index >= 15 is 0 Å². The highest BCUT2D eigenvalue weighted by molar-refractivity contribution is 6.32. The highest BCUT2D eigenvalue weighted by atomic mass is 35.5. The molecule has 28 heavy (non-hydrogen) atoms. The van der Waals surface area contributed by atoms with E-state index in [4.69, 9.17) is 21.1 Å². The predicted octanol–water partition coefficient (Wildman–Crippen LogP) is 3.22. The van der Waals surface area contributed by atoms with E-state index in [1.807, 2.05) is 12.1 Å². The molecule has 0 aliphatic rings. The molecule has 144 valence electrons. The number of nitrogens with one attached hydrogen (secondary N) is 2. The van der Waals surface area contributed by atoms with Crippen molar-refractivity contribution in [3.63, 3.8) is 0 Å². The Kier molecular flexibility index (Phi) is 6.23. The number of amides is 1. The number of benzene rings is 1. The van der Waals surface area contributed by atoms with Gasteiger partial charge in [-0.05, 0) is 17.7 Å². The molecule has 1 amide bonds. The van der Waals surface area contributed by atoms with E-state index in [0.717, 1.165) is 5.56 Å². The summed E-state index contributed by atoms with van der Waals surface area (Å²) in [5.74, 6) is 1.13. The standard InChI is InChI=1S/C19H18ClN5O3/c1-27-16-8-14(17(28-2)7-13(16)20)25-18-11-22-15(10-23-18)19(26)24-9-12-3-5-21-6-4-12/h3-8,10-11H,9H2,1-2H3,(H,23,25)(H,24,26). The van der Waals surface area contributed by atoms with Crippen LogP contribution in [0.3, 0.4) is 0 Å². The number of hydrogen-bond donors (Lipinski definition) is 2. The van der Waals surface area contributed by atoms with Crippen LogP contribution in [0.2, 0.25) is 5.02 Å². The Morgan fingerprint density at radius 3 is 2.46 bits per heavy atom. The first-order chi connectivity index (χ1) is 13.6. The Balaban J connectivity index is 1.68.